The highest BCUT2D eigenvalue weighted by atomic mass is 79.9. The third-order valence-electron chi connectivity index (χ3n) is 2.54. The summed E-state index contributed by atoms with van der Waals surface area (Å²) in [6, 6.07) is 4.66. The van der Waals surface area contributed by atoms with Gasteiger partial charge in [0, 0.05) is 13.2 Å². The summed E-state index contributed by atoms with van der Waals surface area (Å²) in [5.41, 5.74) is 0.398. The zero-order chi connectivity index (χ0) is 15.8. The van der Waals surface area contributed by atoms with Crippen LogP contribution in [0.25, 0.3) is 0 Å². The van der Waals surface area contributed by atoms with Gasteiger partial charge >= 0.3 is 5.97 Å². The van der Waals surface area contributed by atoms with Crippen molar-refractivity contribution in [1.82, 2.24) is 5.32 Å². The molecule has 0 aliphatic heterocycles. The monoisotopic (exact) mass is 359 g/mol. The summed E-state index contributed by atoms with van der Waals surface area (Å²) in [5, 5.41) is 2.73. The lowest BCUT2D eigenvalue weighted by molar-refractivity contribution is -0.124. The molecule has 0 saturated carbocycles. The lowest BCUT2D eigenvalue weighted by Crippen LogP contribution is -2.38. The summed E-state index contributed by atoms with van der Waals surface area (Å²) in [7, 11) is 2.88. The molecule has 1 aromatic carbocycles. The highest BCUT2D eigenvalue weighted by molar-refractivity contribution is 9.10. The van der Waals surface area contributed by atoms with Crippen molar-refractivity contribution in [1.29, 1.82) is 0 Å². The number of ether oxygens (including phenoxy) is 3. The minimum Gasteiger partial charge on any atom is -0.483 e. The average molecular weight is 360 g/mol. The van der Waals surface area contributed by atoms with Crippen molar-refractivity contribution in [3.05, 3.63) is 28.2 Å². The molecule has 0 fully saturated rings. The normalized spacial score (nSPS) is 11.6. The van der Waals surface area contributed by atoms with Crippen LogP contribution in [0.3, 0.4) is 0 Å². The summed E-state index contributed by atoms with van der Waals surface area (Å²) in [6.45, 7) is 2.15. The first kappa shape index (κ1) is 17.5. The number of esters is 1. The van der Waals surface area contributed by atoms with Crippen molar-refractivity contribution in [3.8, 4) is 5.75 Å². The Morgan fingerprint density at radius 1 is 1.33 bits per heavy atom. The van der Waals surface area contributed by atoms with Crippen molar-refractivity contribution in [2.75, 3.05) is 27.4 Å². The summed E-state index contributed by atoms with van der Waals surface area (Å²) < 4.78 is 15.5. The Hall–Kier alpha value is -1.60. The van der Waals surface area contributed by atoms with Gasteiger partial charge in [0.1, 0.15) is 5.75 Å². The molecule has 116 valence electrons. The molecule has 0 aliphatic carbocycles. The van der Waals surface area contributed by atoms with Gasteiger partial charge in [-0.05, 0) is 41.1 Å². The van der Waals surface area contributed by atoms with Crippen molar-refractivity contribution in [2.45, 2.75) is 13.0 Å². The maximum Gasteiger partial charge on any atom is 0.337 e. The molecular formula is C14H18BrNO5. The van der Waals surface area contributed by atoms with E-state index in [1.807, 2.05) is 6.92 Å². The van der Waals surface area contributed by atoms with Crippen LogP contribution in [0.5, 0.6) is 5.75 Å². The maximum atomic E-state index is 11.7. The molecule has 0 saturated heterocycles. The van der Waals surface area contributed by atoms with Crippen LogP contribution in [0.15, 0.2) is 22.7 Å². The van der Waals surface area contributed by atoms with Crippen LogP contribution in [0.4, 0.5) is 0 Å². The summed E-state index contributed by atoms with van der Waals surface area (Å²) >= 11 is 3.29. The van der Waals surface area contributed by atoms with E-state index in [0.717, 1.165) is 0 Å². The summed E-state index contributed by atoms with van der Waals surface area (Å²) in [5.74, 6) is -0.214. The molecular weight excluding hydrogens is 342 g/mol. The second kappa shape index (κ2) is 8.63. The number of hydrogen-bond acceptors (Lipinski definition) is 5. The second-order valence-electron chi connectivity index (χ2n) is 4.35. The number of rotatable bonds is 7. The Bertz CT molecular complexity index is 506. The molecule has 1 amide bonds. The molecule has 0 radical (unpaired) electrons. The van der Waals surface area contributed by atoms with E-state index in [-0.39, 0.29) is 18.6 Å². The van der Waals surface area contributed by atoms with Gasteiger partial charge in [0.2, 0.25) is 0 Å². The molecule has 0 bridgehead atoms. The summed E-state index contributed by atoms with van der Waals surface area (Å²) in [6.07, 6.45) is 0. The standard InChI is InChI=1S/C14H18BrNO5/c1-9(7-19-2)16-13(17)8-21-12-5-4-10(6-11(12)15)14(18)20-3/h4-6,9H,7-8H2,1-3H3,(H,16,17)/t9-/m0/s1. The molecule has 0 heterocycles. The van der Waals surface area contributed by atoms with Crippen LogP contribution < -0.4 is 10.1 Å². The van der Waals surface area contributed by atoms with E-state index < -0.39 is 5.97 Å². The van der Waals surface area contributed by atoms with Gasteiger partial charge in [-0.15, -0.1) is 0 Å². The minimum absolute atomic E-state index is 0.0868. The lowest BCUT2D eigenvalue weighted by Gasteiger charge is -2.13. The van der Waals surface area contributed by atoms with Crippen molar-refractivity contribution in [3.63, 3.8) is 0 Å². The number of carbonyl (C=O) groups is 2. The van der Waals surface area contributed by atoms with Gasteiger partial charge in [-0.25, -0.2) is 4.79 Å². The first-order valence-corrected chi connectivity index (χ1v) is 7.06. The Labute approximate surface area is 131 Å². The van der Waals surface area contributed by atoms with Crippen LogP contribution in [0.2, 0.25) is 0 Å². The molecule has 21 heavy (non-hydrogen) atoms. The van der Waals surface area contributed by atoms with E-state index in [1.165, 1.54) is 7.11 Å². The molecule has 1 rings (SSSR count). The predicted molar refractivity (Wildman–Crippen MR) is 80.5 cm³/mol. The SMILES string of the molecule is COC[C@H](C)NC(=O)COc1ccc(C(=O)OC)cc1Br. The quantitative estimate of drug-likeness (QED) is 0.751. The maximum absolute atomic E-state index is 11.7. The van der Waals surface area contributed by atoms with Gasteiger partial charge in [-0.1, -0.05) is 0 Å². The highest BCUT2D eigenvalue weighted by Gasteiger charge is 2.11. The van der Waals surface area contributed by atoms with Crippen LogP contribution in [-0.2, 0) is 14.3 Å². The smallest absolute Gasteiger partial charge is 0.337 e. The first-order valence-electron chi connectivity index (χ1n) is 6.27. The molecule has 0 aliphatic rings. The predicted octanol–water partition coefficient (Wildman–Crippen LogP) is 1.77. The van der Waals surface area contributed by atoms with E-state index in [2.05, 4.69) is 26.0 Å². The largest absolute Gasteiger partial charge is 0.483 e. The van der Waals surface area contributed by atoms with Crippen LogP contribution in [0, 0.1) is 0 Å². The molecule has 0 spiro atoms. The Morgan fingerprint density at radius 2 is 2.05 bits per heavy atom. The van der Waals surface area contributed by atoms with Crippen LogP contribution >= 0.6 is 15.9 Å². The van der Waals surface area contributed by atoms with E-state index in [0.29, 0.717) is 22.4 Å². The van der Waals surface area contributed by atoms with Gasteiger partial charge in [0.25, 0.3) is 5.91 Å². The first-order chi connectivity index (χ1) is 9.97. The molecule has 0 unspecified atom stereocenters. The third-order valence-corrected chi connectivity index (χ3v) is 3.16. The third kappa shape index (κ3) is 5.73. The number of nitrogens with one attached hydrogen (secondary N) is 1. The lowest BCUT2D eigenvalue weighted by atomic mass is 10.2. The van der Waals surface area contributed by atoms with E-state index in [1.54, 1.807) is 25.3 Å². The van der Waals surface area contributed by atoms with Gasteiger partial charge < -0.3 is 19.5 Å². The van der Waals surface area contributed by atoms with Crippen molar-refractivity contribution in [2.24, 2.45) is 0 Å². The van der Waals surface area contributed by atoms with Gasteiger partial charge in [-0.2, -0.15) is 0 Å². The molecule has 7 heteroatoms. The summed E-state index contributed by atoms with van der Waals surface area (Å²) in [4.78, 5) is 23.0. The molecule has 0 aromatic heterocycles. The van der Waals surface area contributed by atoms with Crippen LogP contribution in [-0.4, -0.2) is 45.4 Å². The molecule has 6 nitrogen and oxygen atoms in total. The van der Waals surface area contributed by atoms with Crippen molar-refractivity contribution >= 4 is 27.8 Å². The number of amides is 1. The van der Waals surface area contributed by atoms with E-state index in [4.69, 9.17) is 9.47 Å². The molecule has 1 aromatic rings. The van der Waals surface area contributed by atoms with E-state index in [9.17, 15) is 9.59 Å². The number of carbonyl (C=O) groups excluding carboxylic acids is 2. The molecule has 1 N–H and O–H groups in total. The number of methoxy groups -OCH3 is 2. The van der Waals surface area contributed by atoms with Gasteiger partial charge in [-0.3, -0.25) is 4.79 Å². The fourth-order valence-corrected chi connectivity index (χ4v) is 2.11. The molecule has 1 atom stereocenters. The highest BCUT2D eigenvalue weighted by Crippen LogP contribution is 2.26. The van der Waals surface area contributed by atoms with Gasteiger partial charge in [0.05, 0.1) is 23.8 Å². The minimum atomic E-state index is -0.437. The number of hydrogen-bond donors (Lipinski definition) is 1. The Morgan fingerprint density at radius 3 is 2.62 bits per heavy atom. The van der Waals surface area contributed by atoms with Gasteiger partial charge in [0.15, 0.2) is 6.61 Å². The number of benzene rings is 1. The van der Waals surface area contributed by atoms with E-state index >= 15 is 0 Å². The zero-order valence-electron chi connectivity index (χ0n) is 12.1. The van der Waals surface area contributed by atoms with Crippen molar-refractivity contribution < 1.29 is 23.8 Å². The fraction of sp³-hybridized carbons (Fsp3) is 0.429. The topological polar surface area (TPSA) is 73.9 Å². The second-order valence-corrected chi connectivity index (χ2v) is 5.20. The Kier molecular flexibility index (Phi) is 7.18. The Balaban J connectivity index is 2.56. The zero-order valence-corrected chi connectivity index (χ0v) is 13.7. The van der Waals surface area contributed by atoms with Crippen LogP contribution in [0.1, 0.15) is 17.3 Å². The average Bonchev–Trinajstić information content (AvgIpc) is 2.45. The fourth-order valence-electron chi connectivity index (χ4n) is 1.61. The number of halogens is 1.